The van der Waals surface area contributed by atoms with E-state index in [2.05, 4.69) is 5.32 Å². The van der Waals surface area contributed by atoms with Gasteiger partial charge in [0.25, 0.3) is 0 Å². The molecule has 0 aliphatic rings. The summed E-state index contributed by atoms with van der Waals surface area (Å²) in [6, 6.07) is 12.4. The molecule has 0 aromatic heterocycles. The zero-order valence-corrected chi connectivity index (χ0v) is 18.9. The van der Waals surface area contributed by atoms with Crippen molar-refractivity contribution in [1.82, 2.24) is 4.90 Å². The number of methoxy groups -OCH3 is 1. The van der Waals surface area contributed by atoms with Gasteiger partial charge in [-0.25, -0.2) is 0 Å². The van der Waals surface area contributed by atoms with E-state index in [1.807, 2.05) is 0 Å². The third kappa shape index (κ3) is 7.08. The van der Waals surface area contributed by atoms with Crippen molar-refractivity contribution in [2.75, 3.05) is 25.6 Å². The van der Waals surface area contributed by atoms with Gasteiger partial charge in [-0.1, -0.05) is 32.0 Å². The van der Waals surface area contributed by atoms with Gasteiger partial charge in [0.2, 0.25) is 11.8 Å². The lowest BCUT2D eigenvalue weighted by Crippen LogP contribution is -2.36. The lowest BCUT2D eigenvalue weighted by molar-refractivity contribution is -0.135. The van der Waals surface area contributed by atoms with Crippen LogP contribution in [0, 0.1) is 5.92 Å². The molecular weight excluding hydrogens is 420 g/mol. The number of hydrogen-bond acceptors (Lipinski definition) is 6. The molecule has 0 aliphatic carbocycles. The maximum Gasteiger partial charge on any atom is 0.339 e. The topological polar surface area (TPSA) is 102 Å². The normalized spacial score (nSPS) is 11.3. The number of carbonyl (C=O) groups is 2. The van der Waals surface area contributed by atoms with Crippen LogP contribution < -0.4 is 9.50 Å². The molecule has 0 spiro atoms. The molecule has 1 N–H and O–H groups in total. The van der Waals surface area contributed by atoms with Crippen molar-refractivity contribution < 1.29 is 26.9 Å². The van der Waals surface area contributed by atoms with Crippen molar-refractivity contribution in [3.05, 3.63) is 54.1 Å². The number of ether oxygens (including phenoxy) is 1. The van der Waals surface area contributed by atoms with E-state index in [-0.39, 0.29) is 34.9 Å². The second-order valence-electron chi connectivity index (χ2n) is 7.26. The van der Waals surface area contributed by atoms with Gasteiger partial charge in [-0.2, -0.15) is 8.42 Å². The molecular formula is C22H28N2O6S. The third-order valence-electron chi connectivity index (χ3n) is 4.37. The summed E-state index contributed by atoms with van der Waals surface area (Å²) in [5, 5.41) is 2.58. The minimum absolute atomic E-state index is 0.0501. The van der Waals surface area contributed by atoms with Crippen molar-refractivity contribution in [3.63, 3.8) is 0 Å². The summed E-state index contributed by atoms with van der Waals surface area (Å²) in [6.07, 6.45) is 0. The fourth-order valence-corrected chi connectivity index (χ4v) is 3.79. The molecule has 2 rings (SSSR count). The maximum atomic E-state index is 12.8. The molecule has 168 valence electrons. The second-order valence-corrected chi connectivity index (χ2v) is 8.80. The van der Waals surface area contributed by atoms with Crippen LogP contribution in [0.1, 0.15) is 26.3 Å². The van der Waals surface area contributed by atoms with E-state index in [4.69, 9.17) is 8.92 Å². The van der Waals surface area contributed by atoms with Crippen molar-refractivity contribution in [2.45, 2.75) is 32.2 Å². The zero-order chi connectivity index (χ0) is 23.0. The van der Waals surface area contributed by atoms with Crippen molar-refractivity contribution in [1.29, 1.82) is 0 Å². The molecule has 2 aromatic rings. The standard InChI is InChI=1S/C22H28N2O6S/c1-16(2)22(26)24(13-14-29-4)15-18-7-5-6-8-21(18)30-31(27,28)20-11-9-19(10-12-20)23-17(3)25/h5-12,16H,13-15H2,1-4H3,(H,23,25). The molecule has 0 unspecified atom stereocenters. The predicted octanol–water partition coefficient (Wildman–Crippen LogP) is 3.04. The summed E-state index contributed by atoms with van der Waals surface area (Å²) < 4.78 is 36.1. The molecule has 2 amide bonds. The summed E-state index contributed by atoms with van der Waals surface area (Å²) in [5.74, 6) is -0.388. The molecule has 31 heavy (non-hydrogen) atoms. The Balaban J connectivity index is 2.25. The number of nitrogens with zero attached hydrogens (tertiary/aromatic N) is 1. The molecule has 0 atom stereocenters. The van der Waals surface area contributed by atoms with Crippen LogP contribution in [0.5, 0.6) is 5.75 Å². The average Bonchev–Trinajstić information content (AvgIpc) is 2.71. The Morgan fingerprint density at radius 2 is 1.71 bits per heavy atom. The first-order valence-corrected chi connectivity index (χ1v) is 11.2. The van der Waals surface area contributed by atoms with Gasteiger partial charge in [-0.3, -0.25) is 9.59 Å². The highest BCUT2D eigenvalue weighted by atomic mass is 32.2. The highest BCUT2D eigenvalue weighted by Crippen LogP contribution is 2.25. The Kier molecular flexibility index (Phi) is 8.58. The third-order valence-corrected chi connectivity index (χ3v) is 5.62. The van der Waals surface area contributed by atoms with Crippen LogP contribution in [0.25, 0.3) is 0 Å². The number of hydrogen-bond donors (Lipinski definition) is 1. The summed E-state index contributed by atoms with van der Waals surface area (Å²) >= 11 is 0. The van der Waals surface area contributed by atoms with Crippen LogP contribution >= 0.6 is 0 Å². The predicted molar refractivity (Wildman–Crippen MR) is 117 cm³/mol. The van der Waals surface area contributed by atoms with Gasteiger partial charge in [0.1, 0.15) is 10.6 Å². The molecule has 2 aromatic carbocycles. The summed E-state index contributed by atoms with van der Waals surface area (Å²) in [6.45, 7) is 5.90. The van der Waals surface area contributed by atoms with Crippen LogP contribution in [-0.2, 0) is 31.0 Å². The van der Waals surface area contributed by atoms with Crippen LogP contribution in [0.4, 0.5) is 5.69 Å². The fraction of sp³-hybridized carbons (Fsp3) is 0.364. The van der Waals surface area contributed by atoms with E-state index in [9.17, 15) is 18.0 Å². The van der Waals surface area contributed by atoms with E-state index >= 15 is 0 Å². The number of amides is 2. The second kappa shape index (κ2) is 10.9. The Morgan fingerprint density at radius 1 is 1.06 bits per heavy atom. The van der Waals surface area contributed by atoms with Gasteiger partial charge in [-0.05, 0) is 30.3 Å². The lowest BCUT2D eigenvalue weighted by atomic mass is 10.1. The van der Waals surface area contributed by atoms with Crippen LogP contribution in [0.15, 0.2) is 53.4 Å². The molecule has 0 aliphatic heterocycles. The molecule has 9 heteroatoms. The van der Waals surface area contributed by atoms with Gasteiger partial charge in [-0.15, -0.1) is 0 Å². The molecule has 8 nitrogen and oxygen atoms in total. The van der Waals surface area contributed by atoms with Crippen molar-refractivity contribution >= 4 is 27.6 Å². The molecule has 0 radical (unpaired) electrons. The first-order valence-electron chi connectivity index (χ1n) is 9.82. The quantitative estimate of drug-likeness (QED) is 0.561. The summed E-state index contributed by atoms with van der Waals surface area (Å²) in [5.41, 5.74) is 1.04. The zero-order valence-electron chi connectivity index (χ0n) is 18.1. The summed E-state index contributed by atoms with van der Waals surface area (Å²) in [4.78, 5) is 25.3. The smallest absolute Gasteiger partial charge is 0.339 e. The minimum Gasteiger partial charge on any atom is -0.383 e. The first-order chi connectivity index (χ1) is 14.6. The van der Waals surface area contributed by atoms with Gasteiger partial charge in [0.15, 0.2) is 0 Å². The van der Waals surface area contributed by atoms with E-state index in [1.165, 1.54) is 31.2 Å². The van der Waals surface area contributed by atoms with E-state index < -0.39 is 10.1 Å². The highest BCUT2D eigenvalue weighted by Gasteiger charge is 2.22. The van der Waals surface area contributed by atoms with Crippen molar-refractivity contribution in [2.24, 2.45) is 5.92 Å². The number of nitrogens with one attached hydrogen (secondary N) is 1. The number of para-hydroxylation sites is 1. The highest BCUT2D eigenvalue weighted by molar-refractivity contribution is 7.87. The Labute approximate surface area is 183 Å². The van der Waals surface area contributed by atoms with Crippen LogP contribution in [-0.4, -0.2) is 45.4 Å². The number of rotatable bonds is 10. The fourth-order valence-electron chi connectivity index (χ4n) is 2.83. The van der Waals surface area contributed by atoms with Crippen molar-refractivity contribution in [3.8, 4) is 5.75 Å². The minimum atomic E-state index is -4.11. The summed E-state index contributed by atoms with van der Waals surface area (Å²) in [7, 11) is -2.56. The average molecular weight is 449 g/mol. The molecule has 0 bridgehead atoms. The Hall–Kier alpha value is -2.91. The largest absolute Gasteiger partial charge is 0.383 e. The number of benzene rings is 2. The van der Waals surface area contributed by atoms with Crippen LogP contribution in [0.3, 0.4) is 0 Å². The van der Waals surface area contributed by atoms with Crippen LogP contribution in [0.2, 0.25) is 0 Å². The van der Waals surface area contributed by atoms with E-state index in [0.29, 0.717) is 24.4 Å². The SMILES string of the molecule is COCCN(Cc1ccccc1OS(=O)(=O)c1ccc(NC(C)=O)cc1)C(=O)C(C)C. The first kappa shape index (κ1) is 24.4. The van der Waals surface area contributed by atoms with E-state index in [0.717, 1.165) is 0 Å². The number of carbonyl (C=O) groups excluding carboxylic acids is 2. The molecule has 0 fully saturated rings. The van der Waals surface area contributed by atoms with E-state index in [1.54, 1.807) is 50.1 Å². The van der Waals surface area contributed by atoms with Gasteiger partial charge >= 0.3 is 10.1 Å². The number of anilines is 1. The lowest BCUT2D eigenvalue weighted by Gasteiger charge is -2.25. The van der Waals surface area contributed by atoms with Gasteiger partial charge < -0.3 is 19.1 Å². The Bertz CT molecular complexity index is 1000. The maximum absolute atomic E-state index is 12.8. The molecule has 0 saturated carbocycles. The Morgan fingerprint density at radius 3 is 2.29 bits per heavy atom. The monoisotopic (exact) mass is 448 g/mol. The van der Waals surface area contributed by atoms with Gasteiger partial charge in [0.05, 0.1) is 6.61 Å². The molecule has 0 heterocycles. The van der Waals surface area contributed by atoms with Gasteiger partial charge in [0, 0.05) is 44.3 Å². The molecule has 0 saturated heterocycles.